The molecule has 5 heteroatoms. The van der Waals surface area contributed by atoms with Crippen LogP contribution >= 0.6 is 0 Å². The summed E-state index contributed by atoms with van der Waals surface area (Å²) in [7, 11) is 0. The zero-order chi connectivity index (χ0) is 19.0. The minimum atomic E-state index is -0.0589. The lowest BCUT2D eigenvalue weighted by molar-refractivity contribution is -0.897. The number of carbonyl (C=O) groups is 2. The van der Waals surface area contributed by atoms with E-state index in [0.717, 1.165) is 43.7 Å². The summed E-state index contributed by atoms with van der Waals surface area (Å²) in [5, 5.41) is 3.39. The summed E-state index contributed by atoms with van der Waals surface area (Å²) in [4.78, 5) is 25.9. The summed E-state index contributed by atoms with van der Waals surface area (Å²) in [5.74, 6) is 2.93. The third-order valence-corrected chi connectivity index (χ3v) is 8.10. The number of piperidine rings is 1. The predicted octanol–water partition coefficient (Wildman–Crippen LogP) is 1.57. The normalized spacial score (nSPS) is 41.2. The topological polar surface area (TPSA) is 59.8 Å². The molecule has 5 nitrogen and oxygen atoms in total. The van der Waals surface area contributed by atoms with Crippen LogP contribution in [0.4, 0.5) is 0 Å². The molecule has 1 aliphatic heterocycles. The lowest BCUT2D eigenvalue weighted by Gasteiger charge is -2.59. The zero-order valence-electron chi connectivity index (χ0n) is 17.1. The van der Waals surface area contributed by atoms with E-state index in [1.807, 2.05) is 6.92 Å². The molecule has 4 aliphatic carbocycles. The molecule has 152 valence electrons. The first kappa shape index (κ1) is 19.2. The number of likely N-dealkylation sites (tertiary alicyclic amines) is 1. The van der Waals surface area contributed by atoms with E-state index in [1.54, 1.807) is 0 Å². The van der Waals surface area contributed by atoms with Crippen LogP contribution in [0.3, 0.4) is 0 Å². The molecule has 5 aliphatic rings. The maximum atomic E-state index is 12.7. The van der Waals surface area contributed by atoms with Gasteiger partial charge in [-0.3, -0.25) is 9.59 Å². The zero-order valence-corrected chi connectivity index (χ0v) is 17.1. The first-order valence-corrected chi connectivity index (χ1v) is 11.3. The summed E-state index contributed by atoms with van der Waals surface area (Å²) >= 11 is 0. The molecule has 0 aromatic carbocycles. The molecule has 0 spiro atoms. The maximum Gasteiger partial charge on any atom is 0.309 e. The highest BCUT2D eigenvalue weighted by Gasteiger charge is 2.53. The molecule has 0 aromatic rings. The molecular formula is C22H37N2O3+. The van der Waals surface area contributed by atoms with Crippen LogP contribution in [0.15, 0.2) is 0 Å². The van der Waals surface area contributed by atoms with Gasteiger partial charge in [0.25, 0.3) is 5.91 Å². The van der Waals surface area contributed by atoms with Gasteiger partial charge in [-0.15, -0.1) is 0 Å². The van der Waals surface area contributed by atoms with E-state index in [2.05, 4.69) is 12.2 Å². The van der Waals surface area contributed by atoms with E-state index >= 15 is 0 Å². The monoisotopic (exact) mass is 377 g/mol. The van der Waals surface area contributed by atoms with E-state index in [4.69, 9.17) is 4.74 Å². The first-order chi connectivity index (χ1) is 13.0. The second-order valence-electron chi connectivity index (χ2n) is 10.0. The van der Waals surface area contributed by atoms with Gasteiger partial charge in [-0.05, 0) is 75.5 Å². The van der Waals surface area contributed by atoms with Gasteiger partial charge in [0.1, 0.15) is 0 Å². The molecule has 0 unspecified atom stereocenters. The van der Waals surface area contributed by atoms with Crippen molar-refractivity contribution in [1.82, 2.24) is 5.32 Å². The van der Waals surface area contributed by atoms with E-state index in [-0.39, 0.29) is 17.8 Å². The predicted molar refractivity (Wildman–Crippen MR) is 103 cm³/mol. The summed E-state index contributed by atoms with van der Waals surface area (Å²) in [6.45, 7) is 6.90. The third kappa shape index (κ3) is 4.03. The van der Waals surface area contributed by atoms with Crippen molar-refractivity contribution in [3.63, 3.8) is 0 Å². The summed E-state index contributed by atoms with van der Waals surface area (Å²) < 4.78 is 5.14. The average Bonchev–Trinajstić information content (AvgIpc) is 2.61. The van der Waals surface area contributed by atoms with Crippen molar-refractivity contribution in [1.29, 1.82) is 0 Å². The molecule has 1 amide bonds. The van der Waals surface area contributed by atoms with Gasteiger partial charge in [0.05, 0.1) is 25.6 Å². The van der Waals surface area contributed by atoms with Crippen LogP contribution in [-0.4, -0.2) is 44.2 Å². The Kier molecular flexibility index (Phi) is 5.50. The molecule has 5 fully saturated rings. The van der Waals surface area contributed by atoms with Gasteiger partial charge in [0.2, 0.25) is 0 Å². The Labute approximate surface area is 163 Å². The van der Waals surface area contributed by atoms with Crippen molar-refractivity contribution in [3.8, 4) is 0 Å². The lowest BCUT2D eigenvalue weighted by atomic mass is 9.48. The van der Waals surface area contributed by atoms with Crippen molar-refractivity contribution >= 4 is 11.9 Å². The second-order valence-corrected chi connectivity index (χ2v) is 10.0. The van der Waals surface area contributed by atoms with Crippen molar-refractivity contribution in [2.75, 3.05) is 26.2 Å². The maximum absolute atomic E-state index is 12.7. The Balaban J connectivity index is 1.25. The van der Waals surface area contributed by atoms with Crippen LogP contribution in [-0.2, 0) is 14.3 Å². The standard InChI is InChI=1S/C22H36N2O3/c1-3-27-21(26)19-4-6-24(7-5-19)14-20(25)23-15(2)22-11-16-8-17(12-22)10-18(9-16)13-22/h15-19H,3-14H2,1-2H3,(H,23,25)/p+1/t15-,16?,17?,18?,22?/m0/s1. The minimum absolute atomic E-state index is 0.0303. The highest BCUT2D eigenvalue weighted by atomic mass is 16.5. The number of hydrogen-bond acceptors (Lipinski definition) is 3. The molecule has 1 saturated heterocycles. The average molecular weight is 378 g/mol. The minimum Gasteiger partial charge on any atom is -0.466 e. The molecule has 1 atom stereocenters. The number of hydrogen-bond donors (Lipinski definition) is 2. The SMILES string of the molecule is CCOC(=O)C1CC[NH+](CC(=O)N[C@@H](C)C23CC4CC(CC(C4)C2)C3)CC1. The van der Waals surface area contributed by atoms with Crippen molar-refractivity contribution in [2.45, 2.75) is 71.3 Å². The highest BCUT2D eigenvalue weighted by Crippen LogP contribution is 2.61. The largest absolute Gasteiger partial charge is 0.466 e. The smallest absolute Gasteiger partial charge is 0.309 e. The van der Waals surface area contributed by atoms with Gasteiger partial charge in [-0.2, -0.15) is 0 Å². The van der Waals surface area contributed by atoms with Gasteiger partial charge < -0.3 is 15.0 Å². The summed E-state index contributed by atoms with van der Waals surface area (Å²) in [6.07, 6.45) is 10.0. The van der Waals surface area contributed by atoms with E-state index in [9.17, 15) is 9.59 Å². The third-order valence-electron chi connectivity index (χ3n) is 8.10. The number of amides is 1. The van der Waals surface area contributed by atoms with Crippen LogP contribution in [0.1, 0.15) is 65.2 Å². The van der Waals surface area contributed by atoms with E-state index < -0.39 is 0 Å². The summed E-state index contributed by atoms with van der Waals surface area (Å²) in [6, 6.07) is 0.301. The number of ether oxygens (including phenoxy) is 1. The molecule has 0 aromatic heterocycles. The molecule has 4 bridgehead atoms. The second kappa shape index (κ2) is 7.73. The van der Waals surface area contributed by atoms with Crippen molar-refractivity contribution in [3.05, 3.63) is 0 Å². The number of quaternary nitrogens is 1. The van der Waals surface area contributed by atoms with Crippen molar-refractivity contribution in [2.24, 2.45) is 29.1 Å². The van der Waals surface area contributed by atoms with Crippen LogP contribution in [0.2, 0.25) is 0 Å². The number of rotatable bonds is 6. The summed E-state index contributed by atoms with van der Waals surface area (Å²) in [5.41, 5.74) is 0.372. The van der Waals surface area contributed by atoms with Crippen LogP contribution in [0.5, 0.6) is 0 Å². The fraction of sp³-hybridized carbons (Fsp3) is 0.909. The van der Waals surface area contributed by atoms with Gasteiger partial charge >= 0.3 is 5.97 Å². The van der Waals surface area contributed by atoms with E-state index in [1.165, 1.54) is 43.4 Å². The Morgan fingerprint density at radius 2 is 1.63 bits per heavy atom. The van der Waals surface area contributed by atoms with Crippen LogP contribution in [0.25, 0.3) is 0 Å². The van der Waals surface area contributed by atoms with Crippen LogP contribution in [0, 0.1) is 29.1 Å². The molecule has 2 N–H and O–H groups in total. The van der Waals surface area contributed by atoms with Gasteiger partial charge in [-0.25, -0.2) is 0 Å². The highest BCUT2D eigenvalue weighted by molar-refractivity contribution is 5.77. The quantitative estimate of drug-likeness (QED) is 0.691. The Hall–Kier alpha value is -1.10. The fourth-order valence-corrected chi connectivity index (χ4v) is 7.08. The molecule has 27 heavy (non-hydrogen) atoms. The Morgan fingerprint density at radius 3 is 2.15 bits per heavy atom. The number of esters is 1. The molecule has 0 radical (unpaired) electrons. The Bertz CT molecular complexity index is 533. The Morgan fingerprint density at radius 1 is 1.07 bits per heavy atom. The van der Waals surface area contributed by atoms with Gasteiger partial charge in [0, 0.05) is 18.9 Å². The molecule has 5 rings (SSSR count). The molecule has 1 heterocycles. The number of nitrogens with one attached hydrogen (secondary N) is 2. The fourth-order valence-electron chi connectivity index (χ4n) is 7.08. The van der Waals surface area contributed by atoms with E-state index in [0.29, 0.717) is 24.6 Å². The van der Waals surface area contributed by atoms with Gasteiger partial charge in [-0.1, -0.05) is 0 Å². The van der Waals surface area contributed by atoms with Crippen molar-refractivity contribution < 1.29 is 19.2 Å². The number of carbonyl (C=O) groups excluding carboxylic acids is 2. The van der Waals surface area contributed by atoms with Gasteiger partial charge in [0.15, 0.2) is 6.54 Å². The molecular weight excluding hydrogens is 340 g/mol. The first-order valence-electron chi connectivity index (χ1n) is 11.3. The lowest BCUT2D eigenvalue weighted by Crippen LogP contribution is -3.14. The molecule has 4 saturated carbocycles. The van der Waals surface area contributed by atoms with Crippen LogP contribution < -0.4 is 10.2 Å².